The molecule has 1 aliphatic rings. The summed E-state index contributed by atoms with van der Waals surface area (Å²) in [5.74, 6) is -1.47. The number of aliphatic carboxylic acids is 1. The van der Waals surface area contributed by atoms with Gasteiger partial charge in [0.1, 0.15) is 5.75 Å². The summed E-state index contributed by atoms with van der Waals surface area (Å²) in [6.45, 7) is 1.12. The van der Waals surface area contributed by atoms with Gasteiger partial charge in [-0.2, -0.15) is 8.78 Å². The fraction of sp³-hybridized carbons (Fsp3) is 0.500. The van der Waals surface area contributed by atoms with Crippen LogP contribution in [0.15, 0.2) is 18.2 Å². The number of likely N-dealkylation sites (tertiary alicyclic amines) is 1. The topological polar surface area (TPSA) is 78.9 Å². The van der Waals surface area contributed by atoms with Crippen LogP contribution in [-0.4, -0.2) is 41.7 Å². The van der Waals surface area contributed by atoms with Crippen molar-refractivity contribution >= 4 is 17.7 Å². The largest absolute Gasteiger partial charge is 0.481 e. The number of rotatable bonds is 4. The number of hydrogen-bond acceptors (Lipinski definition) is 3. The van der Waals surface area contributed by atoms with Crippen LogP contribution in [0.25, 0.3) is 0 Å². The van der Waals surface area contributed by atoms with Crippen molar-refractivity contribution in [3.63, 3.8) is 0 Å². The van der Waals surface area contributed by atoms with Gasteiger partial charge in [-0.3, -0.25) is 4.79 Å². The molecule has 2 N–H and O–H groups in total. The smallest absolute Gasteiger partial charge is 0.387 e. The zero-order chi connectivity index (χ0) is 17.9. The Labute approximate surface area is 138 Å². The predicted molar refractivity (Wildman–Crippen MR) is 83.3 cm³/mol. The van der Waals surface area contributed by atoms with E-state index in [0.717, 1.165) is 0 Å². The number of nitrogens with one attached hydrogen (secondary N) is 1. The number of alkyl halides is 2. The number of piperidine rings is 1. The molecule has 2 atom stereocenters. The molecular formula is C16H20F2N2O4. The SMILES string of the molecule is Cc1ccc(NC(=O)N2CC(C)CC(C(=O)O)C2)cc1OC(F)F. The van der Waals surface area contributed by atoms with Crippen LogP contribution in [0.2, 0.25) is 0 Å². The minimum Gasteiger partial charge on any atom is -0.481 e. The van der Waals surface area contributed by atoms with Gasteiger partial charge in [0.15, 0.2) is 0 Å². The molecule has 0 aliphatic carbocycles. The lowest BCUT2D eigenvalue weighted by Gasteiger charge is -2.34. The molecule has 24 heavy (non-hydrogen) atoms. The van der Waals surface area contributed by atoms with E-state index >= 15 is 0 Å². The first-order chi connectivity index (χ1) is 11.3. The highest BCUT2D eigenvalue weighted by Crippen LogP contribution is 2.26. The molecule has 1 fully saturated rings. The molecule has 1 saturated heterocycles. The molecule has 1 aromatic rings. The number of carboxylic acid groups (broad SMARTS) is 1. The third-order valence-corrected chi connectivity index (χ3v) is 3.95. The summed E-state index contributed by atoms with van der Waals surface area (Å²) in [5.41, 5.74) is 0.831. The van der Waals surface area contributed by atoms with Crippen molar-refractivity contribution in [1.82, 2.24) is 4.90 Å². The van der Waals surface area contributed by atoms with Gasteiger partial charge in [0.25, 0.3) is 0 Å². The summed E-state index contributed by atoms with van der Waals surface area (Å²) >= 11 is 0. The summed E-state index contributed by atoms with van der Waals surface area (Å²) in [7, 11) is 0. The van der Waals surface area contributed by atoms with Crippen LogP contribution < -0.4 is 10.1 Å². The Morgan fingerprint density at radius 1 is 1.38 bits per heavy atom. The summed E-state index contributed by atoms with van der Waals surface area (Å²) in [5, 5.41) is 11.8. The number of halogens is 2. The van der Waals surface area contributed by atoms with E-state index in [1.165, 1.54) is 11.0 Å². The Balaban J connectivity index is 2.07. The quantitative estimate of drug-likeness (QED) is 0.881. The van der Waals surface area contributed by atoms with Gasteiger partial charge in [-0.25, -0.2) is 4.79 Å². The maximum absolute atomic E-state index is 12.4. The fourth-order valence-corrected chi connectivity index (χ4v) is 2.80. The number of carbonyl (C=O) groups is 2. The molecule has 6 nitrogen and oxygen atoms in total. The Morgan fingerprint density at radius 2 is 2.08 bits per heavy atom. The highest BCUT2D eigenvalue weighted by molar-refractivity contribution is 5.90. The van der Waals surface area contributed by atoms with Crippen molar-refractivity contribution in [2.45, 2.75) is 26.9 Å². The highest BCUT2D eigenvalue weighted by Gasteiger charge is 2.31. The fourth-order valence-electron chi connectivity index (χ4n) is 2.80. The van der Waals surface area contributed by atoms with Crippen LogP contribution in [0.1, 0.15) is 18.9 Å². The molecular weight excluding hydrogens is 322 g/mol. The second kappa shape index (κ2) is 7.46. The van der Waals surface area contributed by atoms with Crippen molar-refractivity contribution < 1.29 is 28.2 Å². The van der Waals surface area contributed by atoms with Crippen LogP contribution in [0.3, 0.4) is 0 Å². The number of aryl methyl sites for hydroxylation is 1. The van der Waals surface area contributed by atoms with E-state index in [0.29, 0.717) is 24.2 Å². The summed E-state index contributed by atoms with van der Waals surface area (Å²) in [6.07, 6.45) is 0.524. The minimum absolute atomic E-state index is 0.0155. The third-order valence-electron chi connectivity index (χ3n) is 3.95. The van der Waals surface area contributed by atoms with E-state index in [4.69, 9.17) is 5.11 Å². The molecule has 132 valence electrons. The standard InChI is InChI=1S/C16H20F2N2O4/c1-9-5-11(14(21)22)8-20(7-9)16(23)19-12-4-3-10(2)13(6-12)24-15(17)18/h3-4,6,9,11,15H,5,7-8H2,1-2H3,(H,19,23)(H,21,22). The maximum atomic E-state index is 12.4. The second-order valence-electron chi connectivity index (χ2n) is 6.07. The van der Waals surface area contributed by atoms with Gasteiger partial charge in [-0.05, 0) is 30.9 Å². The zero-order valence-electron chi connectivity index (χ0n) is 13.5. The van der Waals surface area contributed by atoms with Crippen molar-refractivity contribution in [3.8, 4) is 5.75 Å². The van der Waals surface area contributed by atoms with Gasteiger partial charge in [-0.15, -0.1) is 0 Å². The molecule has 0 radical (unpaired) electrons. The second-order valence-corrected chi connectivity index (χ2v) is 6.07. The lowest BCUT2D eigenvalue weighted by molar-refractivity contribution is -0.143. The number of anilines is 1. The van der Waals surface area contributed by atoms with Crippen molar-refractivity contribution in [3.05, 3.63) is 23.8 Å². The average molecular weight is 342 g/mol. The first-order valence-corrected chi connectivity index (χ1v) is 7.60. The van der Waals surface area contributed by atoms with Crippen LogP contribution in [0.5, 0.6) is 5.75 Å². The van der Waals surface area contributed by atoms with Gasteiger partial charge in [0, 0.05) is 24.8 Å². The minimum atomic E-state index is -2.95. The van der Waals surface area contributed by atoms with E-state index in [1.54, 1.807) is 19.1 Å². The number of hydrogen-bond donors (Lipinski definition) is 2. The molecule has 0 saturated carbocycles. The molecule has 2 amide bonds. The molecule has 1 aliphatic heterocycles. The van der Waals surface area contributed by atoms with Crippen LogP contribution in [0.4, 0.5) is 19.3 Å². The Kier molecular flexibility index (Phi) is 5.58. The van der Waals surface area contributed by atoms with Crippen molar-refractivity contribution in [2.75, 3.05) is 18.4 Å². The Hall–Kier alpha value is -2.38. The predicted octanol–water partition coefficient (Wildman–Crippen LogP) is 3.17. The van der Waals surface area contributed by atoms with E-state index in [9.17, 15) is 18.4 Å². The highest BCUT2D eigenvalue weighted by atomic mass is 19.3. The molecule has 8 heteroatoms. The van der Waals surface area contributed by atoms with E-state index in [-0.39, 0.29) is 18.2 Å². The monoisotopic (exact) mass is 342 g/mol. The van der Waals surface area contributed by atoms with Crippen molar-refractivity contribution in [2.24, 2.45) is 11.8 Å². The van der Waals surface area contributed by atoms with Crippen LogP contribution in [-0.2, 0) is 4.79 Å². The molecule has 1 aromatic carbocycles. The molecule has 0 bridgehead atoms. The molecule has 2 rings (SSSR count). The molecule has 2 unspecified atom stereocenters. The first-order valence-electron chi connectivity index (χ1n) is 7.60. The van der Waals surface area contributed by atoms with Gasteiger partial charge in [0.05, 0.1) is 5.92 Å². The summed E-state index contributed by atoms with van der Waals surface area (Å²) in [4.78, 5) is 24.9. The van der Waals surface area contributed by atoms with E-state index in [2.05, 4.69) is 10.1 Å². The number of amides is 2. The lowest BCUT2D eigenvalue weighted by atomic mass is 9.91. The van der Waals surface area contributed by atoms with Gasteiger partial charge < -0.3 is 20.1 Å². The number of nitrogens with zero attached hydrogens (tertiary/aromatic N) is 1. The van der Waals surface area contributed by atoms with E-state index < -0.39 is 24.5 Å². The van der Waals surface area contributed by atoms with E-state index in [1.807, 2.05) is 6.92 Å². The molecule has 0 aromatic heterocycles. The van der Waals surface area contributed by atoms with Gasteiger partial charge in [-0.1, -0.05) is 13.0 Å². The van der Waals surface area contributed by atoms with Gasteiger partial charge >= 0.3 is 18.6 Å². The third kappa shape index (κ3) is 4.56. The average Bonchev–Trinajstić information content (AvgIpc) is 2.49. The summed E-state index contributed by atoms with van der Waals surface area (Å²) < 4.78 is 29.2. The number of ether oxygens (including phenoxy) is 1. The number of urea groups is 1. The Morgan fingerprint density at radius 3 is 2.71 bits per heavy atom. The van der Waals surface area contributed by atoms with Crippen LogP contribution >= 0.6 is 0 Å². The van der Waals surface area contributed by atoms with Gasteiger partial charge in [0.2, 0.25) is 0 Å². The van der Waals surface area contributed by atoms with Crippen molar-refractivity contribution in [1.29, 1.82) is 0 Å². The first kappa shape index (κ1) is 18.0. The van der Waals surface area contributed by atoms with Crippen LogP contribution in [0, 0.1) is 18.8 Å². The maximum Gasteiger partial charge on any atom is 0.387 e. The normalized spacial score (nSPS) is 20.8. The number of carboxylic acids is 1. The number of carbonyl (C=O) groups excluding carboxylic acids is 1. The summed E-state index contributed by atoms with van der Waals surface area (Å²) in [6, 6.07) is 4.00. The zero-order valence-corrected chi connectivity index (χ0v) is 13.5. The molecule has 1 heterocycles. The molecule has 0 spiro atoms. The number of benzene rings is 1. The lowest BCUT2D eigenvalue weighted by Crippen LogP contribution is -2.47. The Bertz CT molecular complexity index is 624.